The lowest BCUT2D eigenvalue weighted by atomic mass is 10.0. The Morgan fingerprint density at radius 1 is 1.07 bits per heavy atom. The monoisotopic (exact) mass is 406 g/mol. The number of benzene rings is 3. The molecule has 2 N–H and O–H groups in total. The summed E-state index contributed by atoms with van der Waals surface area (Å²) in [5.41, 5.74) is 1.71. The topological polar surface area (TPSA) is 102 Å². The molecule has 7 nitrogen and oxygen atoms in total. The predicted molar refractivity (Wildman–Crippen MR) is 114 cm³/mol. The van der Waals surface area contributed by atoms with Crippen LogP contribution in [-0.2, 0) is 0 Å². The molecule has 1 atom stereocenters. The second kappa shape index (κ2) is 9.67. The maximum atomic E-state index is 12.5. The lowest BCUT2D eigenvalue weighted by Gasteiger charge is -2.14. The van der Waals surface area contributed by atoms with Crippen LogP contribution in [0.15, 0.2) is 72.8 Å². The quantitative estimate of drug-likeness (QED) is 0.317. The fourth-order valence-electron chi connectivity index (χ4n) is 2.91. The van der Waals surface area contributed by atoms with Crippen molar-refractivity contribution in [1.82, 2.24) is 0 Å². The van der Waals surface area contributed by atoms with Gasteiger partial charge in [-0.3, -0.25) is 14.9 Å². The van der Waals surface area contributed by atoms with Gasteiger partial charge in [0.25, 0.3) is 5.69 Å². The minimum atomic E-state index is -0.879. The standard InChI is InChI=1S/C23H22N2O5/c1-16-6-5-9-20(12-16)30-15-19(26)14-24-21-11-10-18(13-22(21)25(28)29)23(27)17-7-3-2-4-8-17/h2-13,19,24,26H,14-15H2,1H3. The molecule has 7 heteroatoms. The number of aryl methyl sites for hydroxylation is 1. The van der Waals surface area contributed by atoms with E-state index in [1.54, 1.807) is 36.4 Å². The van der Waals surface area contributed by atoms with Crippen LogP contribution in [-0.4, -0.2) is 35.1 Å². The molecule has 0 aliphatic rings. The first-order valence-electron chi connectivity index (χ1n) is 9.43. The summed E-state index contributed by atoms with van der Waals surface area (Å²) >= 11 is 0. The minimum absolute atomic E-state index is 0.0365. The van der Waals surface area contributed by atoms with E-state index in [0.717, 1.165) is 5.56 Å². The third kappa shape index (κ3) is 5.42. The lowest BCUT2D eigenvalue weighted by Crippen LogP contribution is -2.26. The number of hydrogen-bond acceptors (Lipinski definition) is 6. The predicted octanol–water partition coefficient (Wildman–Crippen LogP) is 3.99. The number of rotatable bonds is 9. The Hall–Kier alpha value is -3.71. The maximum Gasteiger partial charge on any atom is 0.293 e. The highest BCUT2D eigenvalue weighted by atomic mass is 16.6. The summed E-state index contributed by atoms with van der Waals surface area (Å²) < 4.78 is 5.55. The smallest absolute Gasteiger partial charge is 0.293 e. The number of nitro benzene ring substituents is 1. The number of carbonyl (C=O) groups excluding carboxylic acids is 1. The fourth-order valence-corrected chi connectivity index (χ4v) is 2.91. The second-order valence-corrected chi connectivity index (χ2v) is 6.85. The van der Waals surface area contributed by atoms with Crippen LogP contribution < -0.4 is 10.1 Å². The fraction of sp³-hybridized carbons (Fsp3) is 0.174. The van der Waals surface area contributed by atoms with Gasteiger partial charge in [-0.05, 0) is 36.8 Å². The molecule has 0 amide bonds. The Morgan fingerprint density at radius 3 is 2.53 bits per heavy atom. The molecule has 0 saturated heterocycles. The number of aliphatic hydroxyl groups excluding tert-OH is 1. The molecule has 3 rings (SSSR count). The third-order valence-electron chi connectivity index (χ3n) is 4.45. The van der Waals surface area contributed by atoms with Gasteiger partial charge in [-0.15, -0.1) is 0 Å². The van der Waals surface area contributed by atoms with Crippen LogP contribution >= 0.6 is 0 Å². The number of ether oxygens (including phenoxy) is 1. The molecule has 30 heavy (non-hydrogen) atoms. The first-order chi connectivity index (χ1) is 14.4. The molecule has 0 aliphatic carbocycles. The number of hydrogen-bond donors (Lipinski definition) is 2. The van der Waals surface area contributed by atoms with E-state index in [9.17, 15) is 20.0 Å². The van der Waals surface area contributed by atoms with Crippen molar-refractivity contribution in [2.75, 3.05) is 18.5 Å². The number of ketones is 1. The van der Waals surface area contributed by atoms with Crippen LogP contribution in [0.25, 0.3) is 0 Å². The van der Waals surface area contributed by atoms with Gasteiger partial charge in [0.05, 0.1) is 4.92 Å². The molecule has 0 aromatic heterocycles. The van der Waals surface area contributed by atoms with Crippen molar-refractivity contribution in [2.24, 2.45) is 0 Å². The highest BCUT2D eigenvalue weighted by molar-refractivity contribution is 6.09. The van der Waals surface area contributed by atoms with Crippen LogP contribution in [0, 0.1) is 17.0 Å². The van der Waals surface area contributed by atoms with Gasteiger partial charge in [0.2, 0.25) is 0 Å². The molecular formula is C23H22N2O5. The lowest BCUT2D eigenvalue weighted by molar-refractivity contribution is -0.384. The van der Waals surface area contributed by atoms with Crippen LogP contribution in [0.3, 0.4) is 0 Å². The molecule has 0 saturated carbocycles. The molecule has 0 spiro atoms. The zero-order valence-corrected chi connectivity index (χ0v) is 16.4. The van der Waals surface area contributed by atoms with E-state index < -0.39 is 11.0 Å². The third-order valence-corrected chi connectivity index (χ3v) is 4.45. The normalized spacial score (nSPS) is 11.5. The van der Waals surface area contributed by atoms with E-state index in [4.69, 9.17) is 4.74 Å². The number of nitrogens with zero attached hydrogens (tertiary/aromatic N) is 1. The summed E-state index contributed by atoms with van der Waals surface area (Å²) in [6.07, 6.45) is -0.879. The average molecular weight is 406 g/mol. The maximum absolute atomic E-state index is 12.5. The second-order valence-electron chi connectivity index (χ2n) is 6.85. The molecule has 0 fully saturated rings. The van der Waals surface area contributed by atoms with Gasteiger partial charge in [-0.25, -0.2) is 0 Å². The van der Waals surface area contributed by atoms with Crippen molar-refractivity contribution in [2.45, 2.75) is 13.0 Å². The van der Waals surface area contributed by atoms with Gasteiger partial charge in [0, 0.05) is 23.7 Å². The summed E-state index contributed by atoms with van der Waals surface area (Å²) in [5, 5.41) is 24.5. The zero-order valence-electron chi connectivity index (χ0n) is 16.4. The molecule has 0 radical (unpaired) electrons. The molecule has 3 aromatic carbocycles. The van der Waals surface area contributed by atoms with Crippen LogP contribution in [0.2, 0.25) is 0 Å². The summed E-state index contributed by atoms with van der Waals surface area (Å²) in [5.74, 6) is 0.348. The summed E-state index contributed by atoms with van der Waals surface area (Å²) in [6.45, 7) is 2.03. The first-order valence-corrected chi connectivity index (χ1v) is 9.43. The van der Waals surface area contributed by atoms with Crippen molar-refractivity contribution in [3.05, 3.63) is 99.6 Å². The Morgan fingerprint density at radius 2 is 1.83 bits per heavy atom. The number of nitrogens with one attached hydrogen (secondary N) is 1. The Labute approximate surface area is 174 Å². The molecule has 154 valence electrons. The molecule has 0 bridgehead atoms. The van der Waals surface area contributed by atoms with E-state index in [-0.39, 0.29) is 35.9 Å². The van der Waals surface area contributed by atoms with Gasteiger partial charge in [-0.2, -0.15) is 0 Å². The van der Waals surface area contributed by atoms with Gasteiger partial charge < -0.3 is 15.2 Å². The molecule has 1 unspecified atom stereocenters. The van der Waals surface area contributed by atoms with E-state index in [2.05, 4.69) is 5.32 Å². The highest BCUT2D eigenvalue weighted by Gasteiger charge is 2.19. The van der Waals surface area contributed by atoms with Crippen LogP contribution in [0.5, 0.6) is 5.75 Å². The summed E-state index contributed by atoms with van der Waals surface area (Å²) in [4.78, 5) is 23.5. The number of carbonyl (C=O) groups is 1. The van der Waals surface area contributed by atoms with Gasteiger partial charge >= 0.3 is 0 Å². The van der Waals surface area contributed by atoms with Crippen molar-refractivity contribution in [3.63, 3.8) is 0 Å². The van der Waals surface area contributed by atoms with Crippen molar-refractivity contribution in [3.8, 4) is 5.75 Å². The zero-order chi connectivity index (χ0) is 21.5. The Bertz CT molecular complexity index is 1040. The molecule has 3 aromatic rings. The highest BCUT2D eigenvalue weighted by Crippen LogP contribution is 2.27. The molecule has 0 aliphatic heterocycles. The van der Waals surface area contributed by atoms with E-state index in [1.165, 1.54) is 18.2 Å². The number of nitro groups is 1. The van der Waals surface area contributed by atoms with Crippen LogP contribution in [0.1, 0.15) is 21.5 Å². The van der Waals surface area contributed by atoms with Gasteiger partial charge in [0.15, 0.2) is 5.78 Å². The average Bonchev–Trinajstić information content (AvgIpc) is 2.76. The largest absolute Gasteiger partial charge is 0.491 e. The number of anilines is 1. The van der Waals surface area contributed by atoms with Crippen molar-refractivity contribution in [1.29, 1.82) is 0 Å². The van der Waals surface area contributed by atoms with E-state index >= 15 is 0 Å². The summed E-state index contributed by atoms with van der Waals surface area (Å²) in [6, 6.07) is 20.3. The summed E-state index contributed by atoms with van der Waals surface area (Å²) in [7, 11) is 0. The van der Waals surface area contributed by atoms with E-state index in [1.807, 2.05) is 25.1 Å². The SMILES string of the molecule is Cc1cccc(OCC(O)CNc2ccc(C(=O)c3ccccc3)cc2[N+](=O)[O-])c1. The minimum Gasteiger partial charge on any atom is -0.491 e. The van der Waals surface area contributed by atoms with Crippen LogP contribution in [0.4, 0.5) is 11.4 Å². The Kier molecular flexibility index (Phi) is 6.77. The van der Waals surface area contributed by atoms with Crippen molar-refractivity contribution >= 4 is 17.2 Å². The number of aliphatic hydroxyl groups is 1. The van der Waals surface area contributed by atoms with Gasteiger partial charge in [0.1, 0.15) is 24.1 Å². The molecule has 0 heterocycles. The first kappa shape index (κ1) is 21.0. The van der Waals surface area contributed by atoms with Gasteiger partial charge in [-0.1, -0.05) is 42.5 Å². The Balaban J connectivity index is 1.65. The van der Waals surface area contributed by atoms with E-state index in [0.29, 0.717) is 11.3 Å². The molecular weight excluding hydrogens is 384 g/mol. The van der Waals surface area contributed by atoms with Crippen molar-refractivity contribution < 1.29 is 19.6 Å².